The number of benzene rings is 1. The average molecular weight is 333 g/mol. The molecule has 4 nitrogen and oxygen atoms in total. The zero-order chi connectivity index (χ0) is 15.1. The lowest BCUT2D eigenvalue weighted by Crippen LogP contribution is -2.36. The van der Waals surface area contributed by atoms with Gasteiger partial charge in [0, 0.05) is 23.2 Å². The minimum absolute atomic E-state index is 0.326. The molecule has 0 unspecified atom stereocenters. The molecule has 3 aromatic rings. The monoisotopic (exact) mass is 332 g/mol. The Morgan fingerprint density at radius 2 is 2.00 bits per heavy atom. The van der Waals surface area contributed by atoms with Crippen LogP contribution in [0.1, 0.15) is 12.8 Å². The van der Waals surface area contributed by atoms with Gasteiger partial charge in [-0.1, -0.05) is 18.2 Å². The molecule has 3 heterocycles. The predicted octanol–water partition coefficient (Wildman–Crippen LogP) is 3.67. The summed E-state index contributed by atoms with van der Waals surface area (Å²) in [5.74, 6) is 1.61. The first-order valence-corrected chi connectivity index (χ1v) is 8.75. The van der Waals surface area contributed by atoms with E-state index >= 15 is 0 Å². The van der Waals surface area contributed by atoms with Gasteiger partial charge in [0.15, 0.2) is 5.82 Å². The van der Waals surface area contributed by atoms with Crippen LogP contribution in [0.25, 0.3) is 20.3 Å². The molecule has 114 valence electrons. The van der Waals surface area contributed by atoms with Gasteiger partial charge in [-0.25, -0.2) is 4.98 Å². The van der Waals surface area contributed by atoms with Crippen molar-refractivity contribution in [2.24, 2.45) is 11.7 Å². The maximum Gasteiger partial charge on any atom is 0.224 e. The van der Waals surface area contributed by atoms with Crippen molar-refractivity contribution in [2.75, 3.05) is 24.5 Å². The largest absolute Gasteiger partial charge is 0.355 e. The number of rotatable bonds is 2. The Labute approximate surface area is 137 Å². The fourth-order valence-electron chi connectivity index (χ4n) is 3.14. The Hall–Kier alpha value is -1.43. The lowest BCUT2D eigenvalue weighted by molar-refractivity contribution is 0.413. The molecule has 2 aromatic heterocycles. The van der Waals surface area contributed by atoms with Crippen molar-refractivity contribution in [3.05, 3.63) is 29.5 Å². The van der Waals surface area contributed by atoms with Gasteiger partial charge in [-0.05, 0) is 43.0 Å². The van der Waals surface area contributed by atoms with Crippen LogP contribution >= 0.6 is 22.9 Å². The van der Waals surface area contributed by atoms with Crippen LogP contribution in [0.15, 0.2) is 24.3 Å². The van der Waals surface area contributed by atoms with E-state index in [9.17, 15) is 0 Å². The molecule has 0 bridgehead atoms. The third-order valence-corrected chi connectivity index (χ3v) is 5.75. The van der Waals surface area contributed by atoms with Crippen molar-refractivity contribution in [2.45, 2.75) is 12.8 Å². The standard InChI is InChI=1S/C16H17ClN4S/c17-16-19-13-11-3-1-2-4-12(11)22-14(13)15(20-16)21-7-5-10(9-18)6-8-21/h1-4,10H,5-9,18H2. The maximum atomic E-state index is 6.19. The van der Waals surface area contributed by atoms with Crippen molar-refractivity contribution < 1.29 is 0 Å². The van der Waals surface area contributed by atoms with Crippen LogP contribution in [0.5, 0.6) is 0 Å². The summed E-state index contributed by atoms with van der Waals surface area (Å²) in [5.41, 5.74) is 6.76. The molecule has 0 radical (unpaired) electrons. The second-order valence-electron chi connectivity index (χ2n) is 5.76. The molecule has 1 aromatic carbocycles. The summed E-state index contributed by atoms with van der Waals surface area (Å²) in [7, 11) is 0. The molecular formula is C16H17ClN4S. The van der Waals surface area contributed by atoms with Gasteiger partial charge in [0.25, 0.3) is 0 Å². The normalized spacial score (nSPS) is 16.7. The molecule has 6 heteroatoms. The number of piperidine rings is 1. The van der Waals surface area contributed by atoms with Crippen LogP contribution < -0.4 is 10.6 Å². The van der Waals surface area contributed by atoms with Crippen molar-refractivity contribution in [1.82, 2.24) is 9.97 Å². The highest BCUT2D eigenvalue weighted by Gasteiger charge is 2.23. The van der Waals surface area contributed by atoms with E-state index in [1.54, 1.807) is 11.3 Å². The number of halogens is 1. The van der Waals surface area contributed by atoms with Gasteiger partial charge in [0.05, 0.1) is 10.2 Å². The summed E-state index contributed by atoms with van der Waals surface area (Å²) < 4.78 is 2.36. The Morgan fingerprint density at radius 1 is 1.23 bits per heavy atom. The van der Waals surface area contributed by atoms with E-state index in [4.69, 9.17) is 17.3 Å². The van der Waals surface area contributed by atoms with Gasteiger partial charge >= 0.3 is 0 Å². The van der Waals surface area contributed by atoms with Gasteiger partial charge in [-0.15, -0.1) is 11.3 Å². The van der Waals surface area contributed by atoms with E-state index in [2.05, 4.69) is 33.1 Å². The molecule has 1 aliphatic rings. The number of anilines is 1. The maximum absolute atomic E-state index is 6.19. The fraction of sp³-hybridized carbons (Fsp3) is 0.375. The molecule has 2 N–H and O–H groups in total. The molecule has 0 spiro atoms. The number of hydrogen-bond acceptors (Lipinski definition) is 5. The van der Waals surface area contributed by atoms with E-state index in [1.165, 1.54) is 4.70 Å². The molecular weight excluding hydrogens is 316 g/mol. The second kappa shape index (κ2) is 5.65. The molecule has 1 fully saturated rings. The minimum Gasteiger partial charge on any atom is -0.355 e. The number of nitrogens with two attached hydrogens (primary N) is 1. The lowest BCUT2D eigenvalue weighted by atomic mass is 9.97. The van der Waals surface area contributed by atoms with E-state index < -0.39 is 0 Å². The van der Waals surface area contributed by atoms with E-state index in [1.807, 2.05) is 6.07 Å². The number of nitrogens with zero attached hydrogens (tertiary/aromatic N) is 3. The van der Waals surface area contributed by atoms with Gasteiger partial charge in [-0.3, -0.25) is 0 Å². The van der Waals surface area contributed by atoms with Crippen molar-refractivity contribution in [3.8, 4) is 0 Å². The smallest absolute Gasteiger partial charge is 0.224 e. The van der Waals surface area contributed by atoms with Crippen molar-refractivity contribution >= 4 is 49.1 Å². The molecule has 0 amide bonds. The quantitative estimate of drug-likeness (QED) is 0.727. The Morgan fingerprint density at radius 3 is 2.77 bits per heavy atom. The van der Waals surface area contributed by atoms with Gasteiger partial charge in [0.1, 0.15) is 0 Å². The predicted molar refractivity (Wildman–Crippen MR) is 93.9 cm³/mol. The molecule has 1 aliphatic heterocycles. The third-order valence-electron chi connectivity index (χ3n) is 4.42. The number of thiophene rings is 1. The molecule has 4 rings (SSSR count). The summed E-state index contributed by atoms with van der Waals surface area (Å²) >= 11 is 7.94. The van der Waals surface area contributed by atoms with E-state index in [0.29, 0.717) is 11.2 Å². The summed E-state index contributed by atoms with van der Waals surface area (Å²) in [5, 5.41) is 1.48. The van der Waals surface area contributed by atoms with Crippen LogP contribution in [0.4, 0.5) is 5.82 Å². The van der Waals surface area contributed by atoms with Gasteiger partial charge < -0.3 is 10.6 Å². The number of hydrogen-bond donors (Lipinski definition) is 1. The Balaban J connectivity index is 1.83. The van der Waals surface area contributed by atoms with Crippen LogP contribution in [-0.4, -0.2) is 29.6 Å². The lowest BCUT2D eigenvalue weighted by Gasteiger charge is -2.32. The average Bonchev–Trinajstić information content (AvgIpc) is 2.93. The topological polar surface area (TPSA) is 55.0 Å². The molecule has 0 saturated carbocycles. The minimum atomic E-state index is 0.326. The first-order valence-electron chi connectivity index (χ1n) is 7.56. The van der Waals surface area contributed by atoms with Crippen molar-refractivity contribution in [3.63, 3.8) is 0 Å². The molecule has 0 aliphatic carbocycles. The number of aromatic nitrogens is 2. The summed E-state index contributed by atoms with van der Waals surface area (Å²) in [4.78, 5) is 11.3. The Kier molecular flexibility index (Phi) is 3.64. The van der Waals surface area contributed by atoms with E-state index in [0.717, 1.165) is 53.9 Å². The summed E-state index contributed by atoms with van der Waals surface area (Å²) in [6, 6.07) is 8.32. The van der Waals surface area contributed by atoms with Crippen molar-refractivity contribution in [1.29, 1.82) is 0 Å². The second-order valence-corrected chi connectivity index (χ2v) is 7.15. The summed E-state index contributed by atoms with van der Waals surface area (Å²) in [6.07, 6.45) is 2.23. The molecule has 0 atom stereocenters. The highest BCUT2D eigenvalue weighted by molar-refractivity contribution is 7.26. The highest BCUT2D eigenvalue weighted by atomic mass is 35.5. The van der Waals surface area contributed by atoms with Gasteiger partial charge in [-0.2, -0.15) is 4.98 Å². The molecule has 22 heavy (non-hydrogen) atoms. The van der Waals surface area contributed by atoms with Crippen LogP contribution in [-0.2, 0) is 0 Å². The zero-order valence-corrected chi connectivity index (χ0v) is 13.7. The van der Waals surface area contributed by atoms with E-state index in [-0.39, 0.29) is 0 Å². The third kappa shape index (κ3) is 2.33. The Bertz CT molecular complexity index is 823. The first-order chi connectivity index (χ1) is 10.8. The zero-order valence-electron chi connectivity index (χ0n) is 12.1. The van der Waals surface area contributed by atoms with Crippen LogP contribution in [0.2, 0.25) is 5.28 Å². The molecule has 1 saturated heterocycles. The fourth-order valence-corrected chi connectivity index (χ4v) is 4.47. The van der Waals surface area contributed by atoms with Crippen LogP contribution in [0.3, 0.4) is 0 Å². The summed E-state index contributed by atoms with van der Waals surface area (Å²) in [6.45, 7) is 2.74. The van der Waals surface area contributed by atoms with Crippen LogP contribution in [0, 0.1) is 5.92 Å². The van der Waals surface area contributed by atoms with Gasteiger partial charge in [0.2, 0.25) is 5.28 Å². The SMILES string of the molecule is NCC1CCN(c2nc(Cl)nc3c2sc2ccccc23)CC1. The number of fused-ring (bicyclic) bond motifs is 3. The highest BCUT2D eigenvalue weighted by Crippen LogP contribution is 2.39. The first kappa shape index (κ1) is 14.2.